The average Bonchev–Trinajstić information content (AvgIpc) is 2.64. The summed E-state index contributed by atoms with van der Waals surface area (Å²) in [6, 6.07) is 0. The number of methoxy groups -OCH3 is 1. The van der Waals surface area contributed by atoms with E-state index in [1.54, 1.807) is 13.3 Å². The topological polar surface area (TPSA) is 67.0 Å². The summed E-state index contributed by atoms with van der Waals surface area (Å²) < 4.78 is 5.20. The number of hydrogen-bond donors (Lipinski definition) is 2. The van der Waals surface area contributed by atoms with E-state index in [4.69, 9.17) is 4.74 Å². The number of ether oxygens (including phenoxy) is 1. The first-order valence-corrected chi connectivity index (χ1v) is 5.35. The Hall–Kier alpha value is -1.36. The van der Waals surface area contributed by atoms with Crippen LogP contribution >= 0.6 is 0 Å². The largest absolute Gasteiger partial charge is 0.378 e. The number of nitrogens with zero attached hydrogens (tertiary/aromatic N) is 1. The zero-order valence-electron chi connectivity index (χ0n) is 10.3. The minimum Gasteiger partial charge on any atom is -0.378 e. The second kappa shape index (κ2) is 5.12. The highest BCUT2D eigenvalue weighted by Gasteiger charge is 2.21. The van der Waals surface area contributed by atoms with Crippen LogP contribution in [0.4, 0.5) is 5.82 Å². The van der Waals surface area contributed by atoms with Crippen LogP contribution < -0.4 is 5.32 Å². The molecule has 0 aliphatic rings. The third kappa shape index (κ3) is 3.34. The van der Waals surface area contributed by atoms with E-state index >= 15 is 0 Å². The maximum atomic E-state index is 11.7. The Balaban J connectivity index is 2.58. The molecule has 0 bridgehead atoms. The molecule has 5 heteroatoms. The summed E-state index contributed by atoms with van der Waals surface area (Å²) in [5.41, 5.74) is 0.555. The summed E-state index contributed by atoms with van der Waals surface area (Å²) >= 11 is 0. The van der Waals surface area contributed by atoms with Gasteiger partial charge >= 0.3 is 0 Å². The second-order valence-corrected chi connectivity index (χ2v) is 4.31. The summed E-state index contributed by atoms with van der Waals surface area (Å²) in [7, 11) is 1.60. The number of aromatic amines is 1. The van der Waals surface area contributed by atoms with Gasteiger partial charge in [0.15, 0.2) is 0 Å². The lowest BCUT2D eigenvalue weighted by atomic mass is 10.0. The van der Waals surface area contributed by atoms with Gasteiger partial charge < -0.3 is 10.1 Å². The number of aromatic nitrogens is 2. The molecule has 0 saturated heterocycles. The first-order valence-electron chi connectivity index (χ1n) is 5.35. The maximum Gasteiger partial charge on any atom is 0.228 e. The number of H-pyrrole nitrogens is 1. The molecule has 0 fully saturated rings. The van der Waals surface area contributed by atoms with Gasteiger partial charge in [-0.15, -0.1) is 0 Å². The molecule has 0 radical (unpaired) electrons. The number of carbonyl (C=O) groups excluding carboxylic acids is 1. The minimum absolute atomic E-state index is 0.0780. The molecule has 90 valence electrons. The van der Waals surface area contributed by atoms with Crippen molar-refractivity contribution < 1.29 is 9.53 Å². The first-order chi connectivity index (χ1) is 7.48. The molecule has 1 heterocycles. The van der Waals surface area contributed by atoms with Crippen molar-refractivity contribution in [2.24, 2.45) is 0 Å². The van der Waals surface area contributed by atoms with Gasteiger partial charge in [0.1, 0.15) is 5.82 Å². The lowest BCUT2D eigenvalue weighted by Gasteiger charge is -2.21. The fourth-order valence-corrected chi connectivity index (χ4v) is 1.33. The monoisotopic (exact) mass is 225 g/mol. The molecule has 1 aromatic heterocycles. The normalized spacial score (nSPS) is 11.5. The molecular weight excluding hydrogens is 206 g/mol. The van der Waals surface area contributed by atoms with E-state index < -0.39 is 5.60 Å². The van der Waals surface area contributed by atoms with Crippen LogP contribution in [0.15, 0.2) is 6.20 Å². The van der Waals surface area contributed by atoms with E-state index in [0.29, 0.717) is 12.2 Å². The predicted octanol–water partition coefficient (Wildman–Crippen LogP) is 1.73. The minimum atomic E-state index is -0.448. The van der Waals surface area contributed by atoms with Crippen LogP contribution in [0.25, 0.3) is 0 Å². The Bertz CT molecular complexity index is 358. The molecular formula is C11H19N3O2. The van der Waals surface area contributed by atoms with Gasteiger partial charge in [-0.05, 0) is 20.3 Å². The summed E-state index contributed by atoms with van der Waals surface area (Å²) in [5.74, 6) is 0.602. The van der Waals surface area contributed by atoms with E-state index in [9.17, 15) is 4.79 Å². The van der Waals surface area contributed by atoms with Gasteiger partial charge in [0.25, 0.3) is 0 Å². The van der Waals surface area contributed by atoms with Crippen molar-refractivity contribution in [1.29, 1.82) is 0 Å². The van der Waals surface area contributed by atoms with Gasteiger partial charge in [0.2, 0.25) is 5.91 Å². The smallest absolute Gasteiger partial charge is 0.228 e. The molecule has 16 heavy (non-hydrogen) atoms. The number of amides is 1. The van der Waals surface area contributed by atoms with Crippen molar-refractivity contribution >= 4 is 11.7 Å². The third-order valence-electron chi connectivity index (χ3n) is 2.50. The average molecular weight is 225 g/mol. The van der Waals surface area contributed by atoms with Crippen molar-refractivity contribution in [3.8, 4) is 0 Å². The third-order valence-corrected chi connectivity index (χ3v) is 2.50. The van der Waals surface area contributed by atoms with Gasteiger partial charge in [-0.25, -0.2) is 0 Å². The van der Waals surface area contributed by atoms with E-state index in [1.165, 1.54) is 0 Å². The van der Waals surface area contributed by atoms with E-state index in [1.807, 2.05) is 20.8 Å². The number of hydrogen-bond acceptors (Lipinski definition) is 3. The second-order valence-electron chi connectivity index (χ2n) is 4.31. The lowest BCUT2D eigenvalue weighted by Crippen LogP contribution is -2.29. The number of anilines is 1. The number of aryl methyl sites for hydroxylation is 1. The molecule has 1 aromatic rings. The quantitative estimate of drug-likeness (QED) is 0.801. The van der Waals surface area contributed by atoms with Gasteiger partial charge in [0, 0.05) is 12.7 Å². The molecule has 0 aliphatic heterocycles. The highest BCUT2D eigenvalue weighted by molar-refractivity contribution is 5.91. The van der Waals surface area contributed by atoms with Crippen molar-refractivity contribution in [3.05, 3.63) is 11.8 Å². The van der Waals surface area contributed by atoms with Gasteiger partial charge in [-0.2, -0.15) is 5.10 Å². The molecule has 0 saturated carbocycles. The summed E-state index contributed by atoms with van der Waals surface area (Å²) in [5, 5.41) is 9.46. The van der Waals surface area contributed by atoms with Crippen LogP contribution in [0.2, 0.25) is 0 Å². The molecule has 0 spiro atoms. The highest BCUT2D eigenvalue weighted by Crippen LogP contribution is 2.16. The van der Waals surface area contributed by atoms with Crippen LogP contribution in [-0.4, -0.2) is 28.8 Å². The zero-order valence-corrected chi connectivity index (χ0v) is 10.3. The SMILES string of the molecule is CCc1cn[nH]c1NC(=O)CC(C)(C)OC. The molecule has 1 amide bonds. The molecule has 0 aromatic carbocycles. The van der Waals surface area contributed by atoms with Crippen LogP contribution in [0, 0.1) is 0 Å². The molecule has 0 unspecified atom stereocenters. The van der Waals surface area contributed by atoms with Crippen LogP contribution in [0.5, 0.6) is 0 Å². The Labute approximate surface area is 95.6 Å². The van der Waals surface area contributed by atoms with Crippen molar-refractivity contribution in [2.75, 3.05) is 12.4 Å². The summed E-state index contributed by atoms with van der Waals surface area (Å²) in [4.78, 5) is 11.7. The Morgan fingerprint density at radius 1 is 1.62 bits per heavy atom. The van der Waals surface area contributed by atoms with Crippen LogP contribution in [0.3, 0.4) is 0 Å². The number of carbonyl (C=O) groups is 1. The zero-order chi connectivity index (χ0) is 12.2. The Kier molecular flexibility index (Phi) is 4.06. The molecule has 1 rings (SSSR count). The van der Waals surface area contributed by atoms with Gasteiger partial charge in [0.05, 0.1) is 18.2 Å². The van der Waals surface area contributed by atoms with Crippen molar-refractivity contribution in [2.45, 2.75) is 39.2 Å². The maximum absolute atomic E-state index is 11.7. The highest BCUT2D eigenvalue weighted by atomic mass is 16.5. The Morgan fingerprint density at radius 3 is 2.88 bits per heavy atom. The predicted molar refractivity (Wildman–Crippen MR) is 62.3 cm³/mol. The summed E-state index contributed by atoms with van der Waals surface area (Å²) in [6.45, 7) is 5.76. The molecule has 2 N–H and O–H groups in total. The molecule has 5 nitrogen and oxygen atoms in total. The van der Waals surface area contributed by atoms with Crippen molar-refractivity contribution in [1.82, 2.24) is 10.2 Å². The van der Waals surface area contributed by atoms with Gasteiger partial charge in [-0.3, -0.25) is 9.89 Å². The molecule has 0 atom stereocenters. The molecule has 0 aliphatic carbocycles. The van der Waals surface area contributed by atoms with Crippen LogP contribution in [0.1, 0.15) is 32.8 Å². The van der Waals surface area contributed by atoms with E-state index in [-0.39, 0.29) is 5.91 Å². The number of rotatable bonds is 5. The standard InChI is InChI=1S/C11H19N3O2/c1-5-8-7-12-14-10(8)13-9(15)6-11(2,3)16-4/h7H,5-6H2,1-4H3,(H2,12,13,14,15). The fraction of sp³-hybridized carbons (Fsp3) is 0.636. The summed E-state index contributed by atoms with van der Waals surface area (Å²) in [6.07, 6.45) is 2.86. The fourth-order valence-electron chi connectivity index (χ4n) is 1.33. The van der Waals surface area contributed by atoms with E-state index in [0.717, 1.165) is 12.0 Å². The van der Waals surface area contributed by atoms with E-state index in [2.05, 4.69) is 15.5 Å². The first kappa shape index (κ1) is 12.7. The van der Waals surface area contributed by atoms with Gasteiger partial charge in [-0.1, -0.05) is 6.92 Å². The number of nitrogens with one attached hydrogen (secondary N) is 2. The Morgan fingerprint density at radius 2 is 2.31 bits per heavy atom. The lowest BCUT2D eigenvalue weighted by molar-refractivity contribution is -0.121. The van der Waals surface area contributed by atoms with Crippen molar-refractivity contribution in [3.63, 3.8) is 0 Å². The van der Waals surface area contributed by atoms with Crippen LogP contribution in [-0.2, 0) is 16.0 Å².